The van der Waals surface area contributed by atoms with Crippen molar-refractivity contribution in [2.75, 3.05) is 185 Å². The van der Waals surface area contributed by atoms with Gasteiger partial charge in [-0.15, -0.1) is 0 Å². The number of aliphatic carboxylic acids is 1. The molecule has 7 aliphatic rings. The van der Waals surface area contributed by atoms with E-state index in [9.17, 15) is 78.3 Å². The van der Waals surface area contributed by atoms with Gasteiger partial charge in [0.1, 0.15) is 61.3 Å². The lowest BCUT2D eigenvalue weighted by atomic mass is 9.81. The fourth-order valence-electron chi connectivity index (χ4n) is 15.8. The second-order valence-corrected chi connectivity index (χ2v) is 31.6. The Kier molecular flexibility index (Phi) is 40.0. The van der Waals surface area contributed by atoms with Crippen LogP contribution in [-0.4, -0.2) is 346 Å². The number of methoxy groups -OCH3 is 1. The molecule has 2 aromatic carbocycles. The minimum Gasteiger partial charge on any atom is -0.479 e. The molecule has 12 atom stereocenters. The van der Waals surface area contributed by atoms with Crippen LogP contribution in [0.1, 0.15) is 109 Å². The van der Waals surface area contributed by atoms with Crippen LogP contribution in [0.15, 0.2) is 47.3 Å². The lowest BCUT2D eigenvalue weighted by Crippen LogP contribution is -2.61. The van der Waals surface area contributed by atoms with E-state index < -0.39 is 164 Å². The number of carbonyl (C=O) groups excluding carboxylic acids is 9. The fourth-order valence-corrected chi connectivity index (χ4v) is 15.8. The summed E-state index contributed by atoms with van der Waals surface area (Å²) in [6.07, 6.45) is -10.7. The number of halogens is 1. The van der Waals surface area contributed by atoms with Crippen molar-refractivity contribution < 1.29 is 163 Å². The molecule has 6 aliphatic heterocycles. The number of pyridine rings is 2. The Morgan fingerprint density at radius 3 is 1.75 bits per heavy atom. The van der Waals surface area contributed by atoms with E-state index in [0.717, 1.165) is 17.1 Å². The lowest BCUT2D eigenvalue weighted by Gasteiger charge is -2.38. The Morgan fingerprint density at radius 2 is 1.19 bits per heavy atom. The molecule has 0 radical (unpaired) electrons. The standard InChI is InChI=1S/C87H118FN9O34/c1-4-87(113)57-43-64-74-55(46-97(64)82(108)56(57)48-128-85(87)111)73-59(10-9-54-51(2)58(88)44-61(94-74)72(54)73)95-86(112)129-47-52-8-11-65(130-84-77(106)75(104)76(105)80(131-84)83(109)110)53(42-52)45-90-66(98)14-17-89-81(107)60(91-68(100)15-18-96-70(102)12-13-71(96)103)6-5-7-67(99)92-62-49-126-79-63(50-127-78(62)79)93-69(101)16-19-115-22-23-117-26-27-119-30-31-121-34-35-123-38-39-125-41-40-124-37-36-122-33-32-120-29-28-118-25-24-116-21-20-114-3/h8,11-13,42-44,59-60,62-63,75-80,84,104-106,113H,4-7,9-10,14-41,45-50H2,1-3H3,(H,89,107)(H,90,98)(H,91,100)(H,92,99)(H,93,101)(H,95,112)(H,109,110)/t59-,60-,62-,63-,75-,76-,77+,78+,79+,80-,84+,87-/m0/s1. The Labute approximate surface area is 753 Å². The summed E-state index contributed by atoms with van der Waals surface area (Å²) in [4.78, 5) is 151. The second-order valence-electron chi connectivity index (χ2n) is 31.6. The molecule has 0 bridgehead atoms. The number of esters is 1. The maximum absolute atomic E-state index is 15.7. The number of hydrogen-bond donors (Lipinski definition) is 11. The molecule has 43 nitrogen and oxygen atoms in total. The lowest BCUT2D eigenvalue weighted by molar-refractivity contribution is -0.271. The van der Waals surface area contributed by atoms with Gasteiger partial charge < -0.3 is 147 Å². The number of aliphatic hydroxyl groups is 4. The van der Waals surface area contributed by atoms with Crippen molar-refractivity contribution in [1.82, 2.24) is 46.4 Å². The van der Waals surface area contributed by atoms with E-state index in [-0.39, 0.29) is 149 Å². The summed E-state index contributed by atoms with van der Waals surface area (Å²) >= 11 is 0. The quantitative estimate of drug-likeness (QED) is 0.0124. The molecule has 1 aliphatic carbocycles. The van der Waals surface area contributed by atoms with Crippen LogP contribution in [0, 0.1) is 12.7 Å². The molecule has 3 saturated heterocycles. The number of carboxylic acids is 1. The third kappa shape index (κ3) is 28.4. The summed E-state index contributed by atoms with van der Waals surface area (Å²) in [5.41, 5.74) is 0.706. The zero-order valence-electron chi connectivity index (χ0n) is 73.5. The average Bonchev–Trinajstić information content (AvgIpc) is 1.56. The Bertz CT molecular complexity index is 4640. The number of aliphatic hydroxyl groups excluding tert-OH is 3. The molecule has 0 spiro atoms. The smallest absolute Gasteiger partial charge is 0.407 e. The van der Waals surface area contributed by atoms with Crippen LogP contribution in [-0.2, 0) is 162 Å². The third-order valence-corrected chi connectivity index (χ3v) is 22.7. The van der Waals surface area contributed by atoms with Gasteiger partial charge in [0.15, 0.2) is 11.7 Å². The summed E-state index contributed by atoms with van der Waals surface area (Å²) in [6, 6.07) is 3.72. The summed E-state index contributed by atoms with van der Waals surface area (Å²) < 4.78 is 117. The van der Waals surface area contributed by atoms with Gasteiger partial charge in [-0.2, -0.15) is 0 Å². The number of amides is 8. The van der Waals surface area contributed by atoms with Crippen LogP contribution in [0.2, 0.25) is 0 Å². The number of ether oxygens (including phenoxy) is 18. The van der Waals surface area contributed by atoms with E-state index in [1.54, 1.807) is 21.0 Å². The van der Waals surface area contributed by atoms with Crippen LogP contribution in [0.5, 0.6) is 5.75 Å². The average molecular weight is 1850 g/mol. The first-order valence-corrected chi connectivity index (χ1v) is 43.9. The van der Waals surface area contributed by atoms with E-state index in [0.29, 0.717) is 166 Å². The van der Waals surface area contributed by atoms with Gasteiger partial charge in [-0.1, -0.05) is 13.0 Å². The predicted molar refractivity (Wildman–Crippen MR) is 450 cm³/mol. The van der Waals surface area contributed by atoms with Gasteiger partial charge in [0.2, 0.25) is 35.8 Å². The van der Waals surface area contributed by atoms with Gasteiger partial charge in [-0.3, -0.25) is 43.3 Å². The van der Waals surface area contributed by atoms with Gasteiger partial charge in [0.05, 0.1) is 212 Å². The number of aryl methyl sites for hydroxylation is 1. The molecule has 11 rings (SSSR count). The number of hydrogen-bond acceptors (Lipinski definition) is 34. The normalized spacial score (nSPS) is 21.8. The first kappa shape index (κ1) is 102. The molecule has 44 heteroatoms. The van der Waals surface area contributed by atoms with Crippen molar-refractivity contribution in [2.24, 2.45) is 0 Å². The van der Waals surface area contributed by atoms with Crippen LogP contribution in [0.25, 0.3) is 22.3 Å². The highest BCUT2D eigenvalue weighted by molar-refractivity contribution is 6.13. The molecule has 8 heterocycles. The van der Waals surface area contributed by atoms with Gasteiger partial charge in [-0.05, 0) is 79.5 Å². The Balaban J connectivity index is 0.579. The molecule has 722 valence electrons. The largest absolute Gasteiger partial charge is 0.479 e. The van der Waals surface area contributed by atoms with E-state index in [1.807, 2.05) is 0 Å². The molecule has 2 aromatic heterocycles. The van der Waals surface area contributed by atoms with Gasteiger partial charge >= 0.3 is 18.0 Å². The minimum absolute atomic E-state index is 0.0293. The molecule has 3 fully saturated rings. The number of carboxylic acid groups (broad SMARTS) is 1. The second kappa shape index (κ2) is 51.5. The number of alkyl carbamates (subject to hydrolysis) is 1. The number of nitrogens with one attached hydrogen (secondary N) is 6. The maximum Gasteiger partial charge on any atom is 0.407 e. The van der Waals surface area contributed by atoms with Crippen molar-refractivity contribution in [3.8, 4) is 17.1 Å². The van der Waals surface area contributed by atoms with Gasteiger partial charge in [0.25, 0.3) is 17.4 Å². The number of imide groups is 1. The first-order valence-electron chi connectivity index (χ1n) is 43.9. The minimum atomic E-state index is -2.13. The van der Waals surface area contributed by atoms with Crippen molar-refractivity contribution in [1.29, 1.82) is 0 Å². The van der Waals surface area contributed by atoms with Crippen LogP contribution in [0.3, 0.4) is 0 Å². The Morgan fingerprint density at radius 1 is 0.634 bits per heavy atom. The highest BCUT2D eigenvalue weighted by Crippen LogP contribution is 2.46. The summed E-state index contributed by atoms with van der Waals surface area (Å²) in [5.74, 6) is -7.50. The zero-order valence-corrected chi connectivity index (χ0v) is 73.5. The molecule has 8 amide bonds. The van der Waals surface area contributed by atoms with E-state index >= 15 is 4.39 Å². The molecule has 0 saturated carbocycles. The number of nitrogens with zero attached hydrogens (tertiary/aromatic N) is 3. The topological polar surface area (TPSA) is 548 Å². The number of rotatable bonds is 59. The van der Waals surface area contributed by atoms with Crippen molar-refractivity contribution >= 4 is 70.3 Å². The fraction of sp³-hybridized carbons (Fsp3) is 0.632. The molecule has 11 N–H and O–H groups in total. The molecule has 131 heavy (non-hydrogen) atoms. The third-order valence-electron chi connectivity index (χ3n) is 22.7. The predicted octanol–water partition coefficient (Wildman–Crippen LogP) is -1.21. The number of aromatic nitrogens is 2. The highest BCUT2D eigenvalue weighted by Gasteiger charge is 2.51. The summed E-state index contributed by atoms with van der Waals surface area (Å²) in [6.45, 7) is 11.0. The maximum atomic E-state index is 15.7. The zero-order chi connectivity index (χ0) is 93.4. The molecular weight excluding hydrogens is 1730 g/mol. The summed E-state index contributed by atoms with van der Waals surface area (Å²) in [7, 11) is 1.63. The van der Waals surface area contributed by atoms with Crippen LogP contribution >= 0.6 is 0 Å². The highest BCUT2D eigenvalue weighted by atomic mass is 19.1. The Hall–Kier alpha value is -9.79. The number of fused-ring (bicyclic) bond motifs is 6. The van der Waals surface area contributed by atoms with Gasteiger partial charge in [-0.25, -0.2) is 23.8 Å². The molecule has 0 unspecified atom stereocenters. The van der Waals surface area contributed by atoms with E-state index in [1.165, 1.54) is 34.9 Å². The number of carbonyl (C=O) groups is 10. The molecule has 4 aromatic rings. The first-order chi connectivity index (χ1) is 63.4. The van der Waals surface area contributed by atoms with Crippen molar-refractivity contribution in [3.63, 3.8) is 0 Å². The van der Waals surface area contributed by atoms with Crippen molar-refractivity contribution in [3.05, 3.63) is 103 Å². The van der Waals surface area contributed by atoms with Crippen LogP contribution < -0.4 is 42.2 Å². The van der Waals surface area contributed by atoms with Gasteiger partial charge in [0, 0.05) is 92.7 Å². The number of benzene rings is 2. The summed E-state index contributed by atoms with van der Waals surface area (Å²) in [5, 5.41) is 70.6. The SMILES string of the molecule is CC[C@@]1(O)C(=O)OCc2c1cc1n(c2=O)Cc2c-1nc1cc(F)c(C)c3c1c2[C@@H](NC(=O)OCc1ccc(O[C@@H]2O[C@H](C(=O)O)[C@@H](O)[C@H](O)[C@H]2O)c(CNC(=O)CCNC(=O)[C@H](CCCC(=O)N[C@H]2CO[C@H]4[C@@H]2OC[C@@H]4NC(=O)CCOCCOCCOCCOCCOCCOCCOCCOCCOCCOCCOCCOC)NC(=O)CCN2C(=O)C=CC2=O)c1)CC3. The van der Waals surface area contributed by atoms with Crippen molar-refractivity contribution in [2.45, 2.75) is 171 Å². The molecular formula is C87H118FN9O34. The van der Waals surface area contributed by atoms with E-state index in [2.05, 4.69) is 31.9 Å². The van der Waals surface area contributed by atoms with E-state index in [4.69, 9.17) is 90.2 Å². The number of cyclic esters (lactones) is 1. The van der Waals surface area contributed by atoms with Crippen LogP contribution in [0.4, 0.5) is 9.18 Å². The monoisotopic (exact) mass is 1850 g/mol.